The van der Waals surface area contributed by atoms with E-state index in [4.69, 9.17) is 9.90 Å². The van der Waals surface area contributed by atoms with E-state index in [1.54, 1.807) is 0 Å². The van der Waals surface area contributed by atoms with Crippen molar-refractivity contribution in [3.8, 4) is 0 Å². The maximum atomic E-state index is 9.00. The van der Waals surface area contributed by atoms with E-state index in [2.05, 4.69) is 7.07 Å². The van der Waals surface area contributed by atoms with Crippen LogP contribution in [0.1, 0.15) is 135 Å². The fraction of sp³-hybridized carbons (Fsp3) is 0.962. The SMILES string of the molecule is C1CCC([N]([Pd][N](C2CCCCC2)C2CCCCC2)C2CCCCC2)CC1.CC(=O)O. The molecule has 0 aromatic heterocycles. The van der Waals surface area contributed by atoms with Gasteiger partial charge in [0.2, 0.25) is 0 Å². The number of nitrogens with zero attached hydrogens (tertiary/aromatic N) is 2. The zero-order valence-corrected chi connectivity index (χ0v) is 21.6. The topological polar surface area (TPSA) is 43.8 Å². The van der Waals surface area contributed by atoms with Gasteiger partial charge in [0.05, 0.1) is 0 Å². The van der Waals surface area contributed by atoms with Crippen molar-refractivity contribution in [1.29, 1.82) is 0 Å². The first-order valence-corrected chi connectivity index (χ1v) is 14.9. The normalized spacial score (nSPS) is 25.5. The van der Waals surface area contributed by atoms with E-state index < -0.39 is 5.97 Å². The molecule has 31 heavy (non-hydrogen) atoms. The van der Waals surface area contributed by atoms with Crippen LogP contribution in [0.3, 0.4) is 0 Å². The van der Waals surface area contributed by atoms with E-state index in [-0.39, 0.29) is 0 Å². The zero-order chi connectivity index (χ0) is 21.9. The van der Waals surface area contributed by atoms with Gasteiger partial charge in [0, 0.05) is 6.92 Å². The zero-order valence-electron chi connectivity index (χ0n) is 20.0. The van der Waals surface area contributed by atoms with Crippen molar-refractivity contribution in [3.63, 3.8) is 0 Å². The van der Waals surface area contributed by atoms with E-state index in [0.717, 1.165) is 49.6 Å². The molecule has 4 fully saturated rings. The summed E-state index contributed by atoms with van der Waals surface area (Å²) in [5, 5.41) is 7.42. The first kappa shape index (κ1) is 25.7. The monoisotopic (exact) mass is 526 g/mol. The Morgan fingerprint density at radius 1 is 0.548 bits per heavy atom. The van der Waals surface area contributed by atoms with Crippen LogP contribution in [-0.2, 0) is 23.3 Å². The maximum Gasteiger partial charge on any atom is 0.300 e. The molecule has 0 atom stereocenters. The second-order valence-electron chi connectivity index (χ2n) is 10.4. The molecule has 0 bridgehead atoms. The summed E-state index contributed by atoms with van der Waals surface area (Å²) in [6.07, 6.45) is 29.9. The molecule has 0 saturated heterocycles. The van der Waals surface area contributed by atoms with Gasteiger partial charge < -0.3 is 5.11 Å². The summed E-state index contributed by atoms with van der Waals surface area (Å²) in [5.74, 6) is -0.833. The summed E-state index contributed by atoms with van der Waals surface area (Å²) in [5.41, 5.74) is 0. The third-order valence-corrected chi connectivity index (χ3v) is 10.7. The fourth-order valence-electron chi connectivity index (χ4n) is 6.13. The van der Waals surface area contributed by atoms with Gasteiger partial charge in [0.25, 0.3) is 5.97 Å². The first-order valence-electron chi connectivity index (χ1n) is 13.5. The van der Waals surface area contributed by atoms with E-state index in [1.165, 1.54) is 128 Å². The quantitative estimate of drug-likeness (QED) is 0.381. The van der Waals surface area contributed by atoms with Crippen LogP contribution in [-0.4, -0.2) is 42.3 Å². The number of hydrogen-bond donors (Lipinski definition) is 1. The van der Waals surface area contributed by atoms with E-state index in [9.17, 15) is 0 Å². The van der Waals surface area contributed by atoms with Gasteiger partial charge in [-0.25, -0.2) is 0 Å². The molecule has 184 valence electrons. The minimum Gasteiger partial charge on any atom is -0.481 e. The number of carboxylic acid groups (broad SMARTS) is 1. The molecular weight excluding hydrogens is 479 g/mol. The van der Waals surface area contributed by atoms with Gasteiger partial charge >= 0.3 is 178 Å². The molecule has 1 N–H and O–H groups in total. The van der Waals surface area contributed by atoms with Gasteiger partial charge in [0.1, 0.15) is 0 Å². The van der Waals surface area contributed by atoms with E-state index in [0.29, 0.717) is 0 Å². The van der Waals surface area contributed by atoms with Crippen molar-refractivity contribution in [2.75, 3.05) is 0 Å². The van der Waals surface area contributed by atoms with Crippen molar-refractivity contribution in [1.82, 2.24) is 7.07 Å². The predicted octanol–water partition coefficient (Wildman–Crippen LogP) is 6.92. The Balaban J connectivity index is 0.000000628. The number of aliphatic carboxylic acids is 1. The molecule has 4 saturated carbocycles. The van der Waals surface area contributed by atoms with Crippen molar-refractivity contribution in [3.05, 3.63) is 0 Å². The van der Waals surface area contributed by atoms with E-state index >= 15 is 0 Å². The van der Waals surface area contributed by atoms with Crippen LogP contribution >= 0.6 is 0 Å². The molecule has 0 aromatic carbocycles. The third kappa shape index (κ3) is 8.73. The maximum absolute atomic E-state index is 9.00. The fourth-order valence-corrected chi connectivity index (χ4v) is 9.17. The van der Waals surface area contributed by atoms with Gasteiger partial charge in [-0.3, -0.25) is 4.79 Å². The van der Waals surface area contributed by atoms with Crippen molar-refractivity contribution < 1.29 is 28.4 Å². The van der Waals surface area contributed by atoms with Crippen LogP contribution in [0.25, 0.3) is 0 Å². The average molecular weight is 527 g/mol. The Morgan fingerprint density at radius 3 is 0.935 bits per heavy atom. The van der Waals surface area contributed by atoms with Crippen LogP contribution in [0, 0.1) is 0 Å². The summed E-state index contributed by atoms with van der Waals surface area (Å²) in [7, 11) is 0. The van der Waals surface area contributed by atoms with Crippen molar-refractivity contribution in [2.24, 2.45) is 0 Å². The number of carbonyl (C=O) groups is 1. The van der Waals surface area contributed by atoms with Gasteiger partial charge in [-0.05, 0) is 0 Å². The summed E-state index contributed by atoms with van der Waals surface area (Å²) < 4.78 is 6.27. The largest absolute Gasteiger partial charge is 0.481 e. The molecule has 0 unspecified atom stereocenters. The molecule has 0 aromatic rings. The van der Waals surface area contributed by atoms with Crippen LogP contribution in [0.5, 0.6) is 0 Å². The minimum atomic E-state index is -0.833. The van der Waals surface area contributed by atoms with Crippen LogP contribution in [0.15, 0.2) is 0 Å². The Labute approximate surface area is 200 Å². The Hall–Kier alpha value is 0.0523. The Kier molecular flexibility index (Phi) is 11.9. The van der Waals surface area contributed by atoms with Gasteiger partial charge in [-0.15, -0.1) is 0 Å². The summed E-state index contributed by atoms with van der Waals surface area (Å²) in [6.45, 7) is 1.08. The second kappa shape index (κ2) is 14.3. The number of rotatable bonds is 6. The van der Waals surface area contributed by atoms with Crippen LogP contribution in [0.2, 0.25) is 0 Å². The van der Waals surface area contributed by atoms with Gasteiger partial charge in [0.15, 0.2) is 0 Å². The molecule has 0 aliphatic heterocycles. The molecule has 4 aliphatic carbocycles. The van der Waals surface area contributed by atoms with Crippen molar-refractivity contribution >= 4 is 5.97 Å². The molecule has 0 heterocycles. The molecule has 0 radical (unpaired) electrons. The minimum absolute atomic E-state index is 0.749. The molecule has 0 spiro atoms. The summed E-state index contributed by atoms with van der Waals surface area (Å²) >= 11 is 0.749. The second-order valence-corrected chi connectivity index (χ2v) is 12.3. The summed E-state index contributed by atoms with van der Waals surface area (Å²) in [4.78, 5) is 9.00. The van der Waals surface area contributed by atoms with E-state index in [1.807, 2.05) is 0 Å². The third-order valence-electron chi connectivity index (χ3n) is 7.75. The van der Waals surface area contributed by atoms with Crippen LogP contribution < -0.4 is 0 Å². The smallest absolute Gasteiger partial charge is 0.300 e. The molecule has 0 amide bonds. The Bertz CT molecular complexity index is 416. The van der Waals surface area contributed by atoms with Crippen LogP contribution in [0.4, 0.5) is 0 Å². The number of carboxylic acids is 1. The molecule has 4 rings (SSSR count). The molecule has 5 heteroatoms. The number of hydrogen-bond acceptors (Lipinski definition) is 3. The summed E-state index contributed by atoms with van der Waals surface area (Å²) in [6, 6.07) is 3.69. The Morgan fingerprint density at radius 2 is 0.742 bits per heavy atom. The average Bonchev–Trinajstić information content (AvgIpc) is 2.82. The van der Waals surface area contributed by atoms with Gasteiger partial charge in [-0.1, -0.05) is 0 Å². The standard InChI is InChI=1S/2C12H22N.C2H4O2.Pd/c2*1-3-7-11(8-4-1)13-12-9-5-2-6-10-12;1-2(3)4;/h2*11-12H,1-10H2;1H3,(H,3,4);/q2*-1;;+2. The predicted molar refractivity (Wildman–Crippen MR) is 124 cm³/mol. The molecular formula is C26H48N2O2Pd. The molecule has 4 nitrogen and oxygen atoms in total. The van der Waals surface area contributed by atoms with Gasteiger partial charge in [-0.2, -0.15) is 0 Å². The molecule has 4 aliphatic rings. The van der Waals surface area contributed by atoms with Crippen molar-refractivity contribution in [2.45, 2.75) is 160 Å². The first-order chi connectivity index (χ1) is 15.1.